The van der Waals surface area contributed by atoms with Gasteiger partial charge in [-0.1, -0.05) is 35.9 Å². The molecule has 0 heterocycles. The highest BCUT2D eigenvalue weighted by molar-refractivity contribution is 6.31. The van der Waals surface area contributed by atoms with E-state index in [2.05, 4.69) is 37.4 Å². The number of halogens is 1. The fourth-order valence-corrected chi connectivity index (χ4v) is 2.48. The zero-order chi connectivity index (χ0) is 14.5. The lowest BCUT2D eigenvalue weighted by molar-refractivity contribution is 0.301. The third-order valence-corrected chi connectivity index (χ3v) is 3.80. The summed E-state index contributed by atoms with van der Waals surface area (Å²) in [6.45, 7) is 5.48. The van der Waals surface area contributed by atoms with Gasteiger partial charge < -0.3 is 10.1 Å². The first kappa shape index (κ1) is 14.9. The molecule has 1 N–H and O–H groups in total. The summed E-state index contributed by atoms with van der Waals surface area (Å²) >= 11 is 6.23. The molecule has 0 radical (unpaired) electrons. The van der Waals surface area contributed by atoms with Gasteiger partial charge in [-0.05, 0) is 49.7 Å². The van der Waals surface area contributed by atoms with Gasteiger partial charge in [-0.25, -0.2) is 0 Å². The molecule has 3 heteroatoms. The molecule has 106 valence electrons. The van der Waals surface area contributed by atoms with Gasteiger partial charge in [0.15, 0.2) is 0 Å². The van der Waals surface area contributed by atoms with Gasteiger partial charge in [0.2, 0.25) is 0 Å². The molecule has 2 rings (SSSR count). The molecule has 0 saturated heterocycles. The summed E-state index contributed by atoms with van der Waals surface area (Å²) in [5.74, 6) is 0.842. The highest BCUT2D eigenvalue weighted by Crippen LogP contribution is 2.27. The van der Waals surface area contributed by atoms with Crippen LogP contribution < -0.4 is 10.1 Å². The zero-order valence-electron chi connectivity index (χ0n) is 12.2. The Bertz CT molecular complexity index is 575. The molecule has 0 aliphatic carbocycles. The van der Waals surface area contributed by atoms with E-state index in [9.17, 15) is 0 Å². The average Bonchev–Trinajstić information content (AvgIpc) is 2.42. The third kappa shape index (κ3) is 3.33. The summed E-state index contributed by atoms with van der Waals surface area (Å²) in [6, 6.07) is 12.1. The van der Waals surface area contributed by atoms with Gasteiger partial charge in [-0.3, -0.25) is 0 Å². The predicted octanol–water partition coefficient (Wildman–Crippen LogP) is 4.26. The minimum Gasteiger partial charge on any atom is -0.488 e. The lowest BCUT2D eigenvalue weighted by Crippen LogP contribution is -2.09. The Morgan fingerprint density at radius 3 is 2.30 bits per heavy atom. The van der Waals surface area contributed by atoms with Crippen molar-refractivity contribution in [2.45, 2.75) is 27.0 Å². The van der Waals surface area contributed by atoms with Gasteiger partial charge >= 0.3 is 0 Å². The first-order valence-electron chi connectivity index (χ1n) is 6.73. The van der Waals surface area contributed by atoms with E-state index in [1.807, 2.05) is 25.2 Å². The fourth-order valence-electron chi connectivity index (χ4n) is 2.25. The van der Waals surface area contributed by atoms with E-state index in [1.165, 1.54) is 16.7 Å². The van der Waals surface area contributed by atoms with Crippen LogP contribution in [-0.2, 0) is 13.2 Å². The molecule has 20 heavy (non-hydrogen) atoms. The first-order valence-corrected chi connectivity index (χ1v) is 7.11. The van der Waals surface area contributed by atoms with E-state index in [0.29, 0.717) is 13.2 Å². The number of benzene rings is 2. The summed E-state index contributed by atoms with van der Waals surface area (Å²) in [6.07, 6.45) is 0. The second kappa shape index (κ2) is 6.78. The van der Waals surface area contributed by atoms with Crippen LogP contribution in [-0.4, -0.2) is 7.05 Å². The van der Waals surface area contributed by atoms with Gasteiger partial charge in [0, 0.05) is 17.1 Å². The number of hydrogen-bond acceptors (Lipinski definition) is 2. The molecule has 0 fully saturated rings. The molecule has 2 nitrogen and oxygen atoms in total. The van der Waals surface area contributed by atoms with Crippen molar-refractivity contribution in [3.63, 3.8) is 0 Å². The van der Waals surface area contributed by atoms with Crippen LogP contribution >= 0.6 is 11.6 Å². The van der Waals surface area contributed by atoms with Crippen LogP contribution in [0, 0.1) is 13.8 Å². The number of rotatable bonds is 5. The zero-order valence-corrected chi connectivity index (χ0v) is 12.9. The van der Waals surface area contributed by atoms with Crippen LogP contribution in [0.3, 0.4) is 0 Å². The molecule has 0 spiro atoms. The van der Waals surface area contributed by atoms with E-state index >= 15 is 0 Å². The van der Waals surface area contributed by atoms with Crippen molar-refractivity contribution < 1.29 is 4.74 Å². The molecule has 2 aromatic rings. The van der Waals surface area contributed by atoms with Gasteiger partial charge in [0.25, 0.3) is 0 Å². The predicted molar refractivity (Wildman–Crippen MR) is 84.5 cm³/mol. The van der Waals surface area contributed by atoms with Crippen LogP contribution in [0.4, 0.5) is 0 Å². The maximum Gasteiger partial charge on any atom is 0.125 e. The van der Waals surface area contributed by atoms with Crippen molar-refractivity contribution in [2.24, 2.45) is 0 Å². The molecule has 0 atom stereocenters. The standard InChI is InChI=1S/C17H20ClNO/c1-12-6-4-7-13(2)15(12)11-20-17-9-5-8-16(18)14(17)10-19-3/h4-9,19H,10-11H2,1-3H3. The van der Waals surface area contributed by atoms with Crippen molar-refractivity contribution >= 4 is 11.6 Å². The van der Waals surface area contributed by atoms with Crippen LogP contribution in [0.25, 0.3) is 0 Å². The van der Waals surface area contributed by atoms with Gasteiger partial charge in [-0.2, -0.15) is 0 Å². The molecule has 0 unspecified atom stereocenters. The summed E-state index contributed by atoms with van der Waals surface area (Å²) in [7, 11) is 1.90. The number of hydrogen-bond donors (Lipinski definition) is 1. The number of nitrogens with one attached hydrogen (secondary N) is 1. The molecule has 0 aliphatic heterocycles. The maximum absolute atomic E-state index is 6.23. The monoisotopic (exact) mass is 289 g/mol. The number of ether oxygens (including phenoxy) is 1. The Balaban J connectivity index is 2.21. The SMILES string of the molecule is CNCc1c(Cl)cccc1OCc1c(C)cccc1C. The largest absolute Gasteiger partial charge is 0.488 e. The highest BCUT2D eigenvalue weighted by atomic mass is 35.5. The minimum absolute atomic E-state index is 0.565. The van der Waals surface area contributed by atoms with Gasteiger partial charge in [-0.15, -0.1) is 0 Å². The molecular formula is C17H20ClNO. The Kier molecular flexibility index (Phi) is 5.05. The second-order valence-corrected chi connectivity index (χ2v) is 5.31. The fraction of sp³-hybridized carbons (Fsp3) is 0.294. The van der Waals surface area contributed by atoms with E-state index in [4.69, 9.17) is 16.3 Å². The molecule has 0 aromatic heterocycles. The topological polar surface area (TPSA) is 21.3 Å². The quantitative estimate of drug-likeness (QED) is 0.888. The molecule has 0 aliphatic rings. The van der Waals surface area contributed by atoms with Crippen molar-refractivity contribution in [2.75, 3.05) is 7.05 Å². The second-order valence-electron chi connectivity index (χ2n) is 4.91. The molecular weight excluding hydrogens is 270 g/mol. The first-order chi connectivity index (χ1) is 9.63. The summed E-state index contributed by atoms with van der Waals surface area (Å²) in [5.41, 5.74) is 4.75. The smallest absolute Gasteiger partial charge is 0.125 e. The van der Waals surface area contributed by atoms with Crippen LogP contribution in [0.5, 0.6) is 5.75 Å². The van der Waals surface area contributed by atoms with E-state index in [0.717, 1.165) is 16.3 Å². The molecule has 0 saturated carbocycles. The van der Waals surface area contributed by atoms with E-state index < -0.39 is 0 Å². The Morgan fingerprint density at radius 2 is 1.65 bits per heavy atom. The Morgan fingerprint density at radius 1 is 1.00 bits per heavy atom. The third-order valence-electron chi connectivity index (χ3n) is 3.45. The summed E-state index contributed by atoms with van der Waals surface area (Å²) in [4.78, 5) is 0. The highest BCUT2D eigenvalue weighted by Gasteiger charge is 2.09. The molecule has 0 amide bonds. The Hall–Kier alpha value is -1.51. The van der Waals surface area contributed by atoms with Crippen LogP contribution in [0.2, 0.25) is 5.02 Å². The average molecular weight is 290 g/mol. The summed E-state index contributed by atoms with van der Waals surface area (Å²) in [5, 5.41) is 3.86. The lowest BCUT2D eigenvalue weighted by Gasteiger charge is -2.15. The van der Waals surface area contributed by atoms with Crippen molar-refractivity contribution in [3.8, 4) is 5.75 Å². The van der Waals surface area contributed by atoms with Crippen molar-refractivity contribution in [1.82, 2.24) is 5.32 Å². The van der Waals surface area contributed by atoms with Crippen molar-refractivity contribution in [1.29, 1.82) is 0 Å². The lowest BCUT2D eigenvalue weighted by atomic mass is 10.0. The van der Waals surface area contributed by atoms with Crippen LogP contribution in [0.1, 0.15) is 22.3 Å². The summed E-state index contributed by atoms with van der Waals surface area (Å²) < 4.78 is 5.99. The van der Waals surface area contributed by atoms with Crippen molar-refractivity contribution in [3.05, 3.63) is 63.7 Å². The maximum atomic E-state index is 6.23. The Labute approximate surface area is 125 Å². The van der Waals surface area contributed by atoms with Gasteiger partial charge in [0.1, 0.15) is 12.4 Å². The van der Waals surface area contributed by atoms with E-state index in [1.54, 1.807) is 0 Å². The normalized spacial score (nSPS) is 10.6. The number of aryl methyl sites for hydroxylation is 2. The molecule has 2 aromatic carbocycles. The van der Waals surface area contributed by atoms with Crippen LogP contribution in [0.15, 0.2) is 36.4 Å². The minimum atomic E-state index is 0.565. The van der Waals surface area contributed by atoms with Gasteiger partial charge in [0.05, 0.1) is 0 Å². The van der Waals surface area contributed by atoms with E-state index in [-0.39, 0.29) is 0 Å². The molecule has 0 bridgehead atoms.